The lowest BCUT2D eigenvalue weighted by Gasteiger charge is -2.05. The maximum atomic E-state index is 12.0. The van der Waals surface area contributed by atoms with Crippen LogP contribution >= 0.6 is 23.2 Å². The minimum Gasteiger partial charge on any atom is -0.454 e. The average molecular weight is 394 g/mol. The first-order valence-electron chi connectivity index (χ1n) is 7.48. The second kappa shape index (κ2) is 8.07. The molecule has 2 N–H and O–H groups in total. The predicted molar refractivity (Wildman–Crippen MR) is 97.1 cm³/mol. The van der Waals surface area contributed by atoms with Crippen molar-refractivity contribution >= 4 is 41.2 Å². The van der Waals surface area contributed by atoms with Gasteiger partial charge in [-0.1, -0.05) is 23.2 Å². The fourth-order valence-corrected chi connectivity index (χ4v) is 2.41. The second-order valence-corrected chi connectivity index (χ2v) is 6.03. The zero-order valence-corrected chi connectivity index (χ0v) is 14.8. The lowest BCUT2D eigenvalue weighted by Crippen LogP contribution is -2.34. The lowest BCUT2D eigenvalue weighted by atomic mass is 10.2. The Morgan fingerprint density at radius 1 is 1.08 bits per heavy atom. The molecule has 134 valence electrons. The zero-order chi connectivity index (χ0) is 18.5. The van der Waals surface area contributed by atoms with Gasteiger partial charge in [0.25, 0.3) is 11.8 Å². The number of hydrogen-bond acceptors (Lipinski definition) is 5. The zero-order valence-electron chi connectivity index (χ0n) is 13.3. The van der Waals surface area contributed by atoms with E-state index in [4.69, 9.17) is 32.7 Å². The van der Waals surface area contributed by atoms with Crippen molar-refractivity contribution in [2.45, 2.75) is 0 Å². The van der Waals surface area contributed by atoms with Gasteiger partial charge in [0, 0.05) is 5.56 Å². The summed E-state index contributed by atoms with van der Waals surface area (Å²) in [6, 6.07) is 9.71. The minimum atomic E-state index is -0.476. The van der Waals surface area contributed by atoms with Crippen LogP contribution in [0.5, 0.6) is 11.5 Å². The Labute approximate surface area is 158 Å². The number of halogens is 2. The first kappa shape index (κ1) is 18.0. The Morgan fingerprint density at radius 3 is 2.69 bits per heavy atom. The van der Waals surface area contributed by atoms with Crippen LogP contribution in [0, 0.1) is 0 Å². The fourth-order valence-electron chi connectivity index (χ4n) is 2.11. The number of hydrogen-bond donors (Lipinski definition) is 2. The molecule has 0 aliphatic carbocycles. The first-order chi connectivity index (χ1) is 12.5. The van der Waals surface area contributed by atoms with E-state index in [0.717, 1.165) is 5.56 Å². The number of rotatable bonds is 5. The van der Waals surface area contributed by atoms with Gasteiger partial charge in [-0.2, -0.15) is 5.10 Å². The van der Waals surface area contributed by atoms with Gasteiger partial charge in [-0.15, -0.1) is 0 Å². The van der Waals surface area contributed by atoms with Gasteiger partial charge >= 0.3 is 0 Å². The Kier molecular flexibility index (Phi) is 5.60. The van der Waals surface area contributed by atoms with Crippen LogP contribution in [0.1, 0.15) is 15.9 Å². The van der Waals surface area contributed by atoms with E-state index in [1.54, 1.807) is 18.2 Å². The van der Waals surface area contributed by atoms with Gasteiger partial charge < -0.3 is 14.8 Å². The minimum absolute atomic E-state index is 0.186. The van der Waals surface area contributed by atoms with E-state index in [1.165, 1.54) is 24.4 Å². The van der Waals surface area contributed by atoms with Crippen molar-refractivity contribution in [2.75, 3.05) is 13.3 Å². The largest absolute Gasteiger partial charge is 0.454 e. The van der Waals surface area contributed by atoms with Crippen LogP contribution in [-0.2, 0) is 4.79 Å². The molecule has 0 atom stereocenters. The van der Waals surface area contributed by atoms with Crippen LogP contribution in [0.25, 0.3) is 0 Å². The summed E-state index contributed by atoms with van der Waals surface area (Å²) >= 11 is 11.6. The third kappa shape index (κ3) is 4.44. The summed E-state index contributed by atoms with van der Waals surface area (Å²) in [6.45, 7) is -0.0528. The summed E-state index contributed by atoms with van der Waals surface area (Å²) in [5.74, 6) is 0.360. The Bertz CT molecular complexity index is 886. The van der Waals surface area contributed by atoms with E-state index in [1.807, 2.05) is 0 Å². The molecule has 9 heteroatoms. The molecule has 1 aliphatic rings. The topological polar surface area (TPSA) is 89.0 Å². The van der Waals surface area contributed by atoms with Crippen LogP contribution in [0.2, 0.25) is 10.0 Å². The fraction of sp³-hybridized carbons (Fsp3) is 0.118. The highest BCUT2D eigenvalue weighted by Gasteiger charge is 2.12. The molecule has 0 unspecified atom stereocenters. The third-order valence-electron chi connectivity index (χ3n) is 3.39. The summed E-state index contributed by atoms with van der Waals surface area (Å²) in [5, 5.41) is 6.90. The molecule has 26 heavy (non-hydrogen) atoms. The molecule has 3 rings (SSSR count). The van der Waals surface area contributed by atoms with Gasteiger partial charge in [0.1, 0.15) is 0 Å². The maximum absolute atomic E-state index is 12.0. The number of ether oxygens (including phenoxy) is 2. The van der Waals surface area contributed by atoms with Crippen LogP contribution in [-0.4, -0.2) is 31.4 Å². The van der Waals surface area contributed by atoms with Crippen LogP contribution in [0.3, 0.4) is 0 Å². The van der Waals surface area contributed by atoms with Crippen molar-refractivity contribution in [3.05, 3.63) is 57.6 Å². The highest BCUT2D eigenvalue weighted by Crippen LogP contribution is 2.31. The molecule has 0 aromatic heterocycles. The van der Waals surface area contributed by atoms with Crippen molar-refractivity contribution in [1.82, 2.24) is 10.7 Å². The average Bonchev–Trinajstić information content (AvgIpc) is 3.10. The number of fused-ring (bicyclic) bond motifs is 1. The standard InChI is InChI=1S/C17H13Cl2N3O4/c18-12-3-2-11(6-13(12)19)17(24)20-8-16(23)22-21-7-10-1-4-14-15(5-10)26-9-25-14/h1-7H,8-9H2,(H,20,24)(H,22,23)/b21-7-. The first-order valence-corrected chi connectivity index (χ1v) is 8.23. The molecule has 7 nitrogen and oxygen atoms in total. The summed E-state index contributed by atoms with van der Waals surface area (Å²) in [6.07, 6.45) is 1.46. The van der Waals surface area contributed by atoms with Gasteiger partial charge in [0.2, 0.25) is 6.79 Å². The van der Waals surface area contributed by atoms with Gasteiger partial charge in [0.15, 0.2) is 11.5 Å². The smallest absolute Gasteiger partial charge is 0.259 e. The highest BCUT2D eigenvalue weighted by molar-refractivity contribution is 6.42. The van der Waals surface area contributed by atoms with Gasteiger partial charge in [0.05, 0.1) is 22.8 Å². The molecule has 2 amide bonds. The Balaban J connectivity index is 1.48. The predicted octanol–water partition coefficient (Wildman–Crippen LogP) is 2.60. The Morgan fingerprint density at radius 2 is 1.88 bits per heavy atom. The molecular formula is C17H13Cl2N3O4. The number of nitrogens with zero attached hydrogens (tertiary/aromatic N) is 1. The molecule has 2 aromatic rings. The molecule has 0 saturated carbocycles. The van der Waals surface area contributed by atoms with Gasteiger partial charge in [-0.25, -0.2) is 5.43 Å². The van der Waals surface area contributed by atoms with Gasteiger partial charge in [-0.3, -0.25) is 9.59 Å². The molecule has 1 aliphatic heterocycles. The summed E-state index contributed by atoms with van der Waals surface area (Å²) in [5.41, 5.74) is 3.36. The number of hydrazone groups is 1. The summed E-state index contributed by atoms with van der Waals surface area (Å²) in [7, 11) is 0. The molecule has 1 heterocycles. The molecule has 0 saturated heterocycles. The maximum Gasteiger partial charge on any atom is 0.259 e. The van der Waals surface area contributed by atoms with Crippen molar-refractivity contribution < 1.29 is 19.1 Å². The van der Waals surface area contributed by atoms with E-state index >= 15 is 0 Å². The number of amides is 2. The van der Waals surface area contributed by atoms with Crippen molar-refractivity contribution in [1.29, 1.82) is 0 Å². The molecule has 0 spiro atoms. The van der Waals surface area contributed by atoms with E-state index in [-0.39, 0.29) is 18.4 Å². The van der Waals surface area contributed by atoms with E-state index in [9.17, 15) is 9.59 Å². The van der Waals surface area contributed by atoms with E-state index in [2.05, 4.69) is 15.8 Å². The SMILES string of the molecule is O=C(CNC(=O)c1ccc(Cl)c(Cl)c1)N/N=C\c1ccc2c(c1)OCO2. The van der Waals surface area contributed by atoms with E-state index < -0.39 is 11.8 Å². The van der Waals surface area contributed by atoms with Crippen molar-refractivity contribution in [3.8, 4) is 11.5 Å². The molecule has 0 bridgehead atoms. The monoisotopic (exact) mass is 393 g/mol. The highest BCUT2D eigenvalue weighted by atomic mass is 35.5. The molecule has 0 fully saturated rings. The van der Waals surface area contributed by atoms with Crippen LogP contribution < -0.4 is 20.2 Å². The number of benzene rings is 2. The van der Waals surface area contributed by atoms with Crippen LogP contribution in [0.15, 0.2) is 41.5 Å². The summed E-state index contributed by atoms with van der Waals surface area (Å²) < 4.78 is 10.5. The third-order valence-corrected chi connectivity index (χ3v) is 4.13. The summed E-state index contributed by atoms with van der Waals surface area (Å²) in [4.78, 5) is 23.7. The quantitative estimate of drug-likeness (QED) is 0.603. The molecular weight excluding hydrogens is 381 g/mol. The van der Waals surface area contributed by atoms with Crippen molar-refractivity contribution in [3.63, 3.8) is 0 Å². The second-order valence-electron chi connectivity index (χ2n) is 5.22. The Hall–Kier alpha value is -2.77. The normalized spacial score (nSPS) is 12.2. The number of nitrogens with one attached hydrogen (secondary N) is 2. The molecule has 0 radical (unpaired) electrons. The van der Waals surface area contributed by atoms with Crippen molar-refractivity contribution in [2.24, 2.45) is 5.10 Å². The number of carbonyl (C=O) groups excluding carboxylic acids is 2. The number of carbonyl (C=O) groups is 2. The van der Waals surface area contributed by atoms with Crippen LogP contribution in [0.4, 0.5) is 0 Å². The lowest BCUT2D eigenvalue weighted by molar-refractivity contribution is -0.120. The van der Waals surface area contributed by atoms with E-state index in [0.29, 0.717) is 22.1 Å². The molecule has 2 aromatic carbocycles. The van der Waals surface area contributed by atoms with Gasteiger partial charge in [-0.05, 0) is 42.0 Å².